The molecule has 1 amide bonds. The molecule has 3 fully saturated rings. The number of carbonyl (C=O) groups excluding carboxylic acids is 1. The van der Waals surface area contributed by atoms with Crippen LogP contribution in [-0.4, -0.2) is 65.2 Å². The Labute approximate surface area is 230 Å². The van der Waals surface area contributed by atoms with E-state index in [1.54, 1.807) is 0 Å². The molecule has 2 atom stereocenters. The lowest BCUT2D eigenvalue weighted by atomic mass is 9.97. The van der Waals surface area contributed by atoms with E-state index in [-0.39, 0.29) is 24.4 Å². The van der Waals surface area contributed by atoms with Gasteiger partial charge in [0.15, 0.2) is 0 Å². The molecule has 0 bridgehead atoms. The van der Waals surface area contributed by atoms with Crippen LogP contribution in [0.3, 0.4) is 0 Å². The number of ether oxygens (including phenoxy) is 1. The van der Waals surface area contributed by atoms with Crippen LogP contribution in [-0.2, 0) is 11.3 Å². The molecule has 3 aliphatic rings. The summed E-state index contributed by atoms with van der Waals surface area (Å²) in [5, 5.41) is 10.5. The van der Waals surface area contributed by atoms with Crippen LogP contribution < -0.4 is 4.74 Å². The molecule has 0 radical (unpaired) electrons. The Bertz CT molecular complexity index is 1220. The monoisotopic (exact) mass is 566 g/mol. The SMILES string of the molecule is O=C(O)[C@@H]1C[C@@H](F)CN1C(=O)c1cc(C2CC2)c(OCC2CCN(Cc3ccc(Cl)c(Cl)c3)CC2)cc1F. The number of halogens is 4. The van der Waals surface area contributed by atoms with Gasteiger partial charge in [0, 0.05) is 19.0 Å². The Morgan fingerprint density at radius 2 is 1.79 bits per heavy atom. The molecule has 2 heterocycles. The van der Waals surface area contributed by atoms with Gasteiger partial charge in [-0.2, -0.15) is 0 Å². The van der Waals surface area contributed by atoms with E-state index < -0.39 is 29.9 Å². The molecule has 2 aromatic carbocycles. The van der Waals surface area contributed by atoms with Gasteiger partial charge in [0.05, 0.1) is 28.8 Å². The van der Waals surface area contributed by atoms with E-state index in [9.17, 15) is 19.1 Å². The Kier molecular flexibility index (Phi) is 8.12. The summed E-state index contributed by atoms with van der Waals surface area (Å²) in [6.07, 6.45) is 1.98. The highest BCUT2D eigenvalue weighted by Crippen LogP contribution is 2.45. The number of aliphatic carboxylic acids is 1. The molecular weight excluding hydrogens is 537 g/mol. The summed E-state index contributed by atoms with van der Waals surface area (Å²) < 4.78 is 35.1. The molecule has 5 rings (SSSR count). The number of carbonyl (C=O) groups is 2. The maximum absolute atomic E-state index is 15.1. The number of piperidine rings is 1. The fourth-order valence-corrected chi connectivity index (χ4v) is 5.71. The maximum atomic E-state index is 15.1. The number of hydrogen-bond acceptors (Lipinski definition) is 4. The van der Waals surface area contributed by atoms with E-state index in [0.29, 0.717) is 28.3 Å². The van der Waals surface area contributed by atoms with Gasteiger partial charge in [-0.3, -0.25) is 9.69 Å². The van der Waals surface area contributed by atoms with Gasteiger partial charge in [-0.25, -0.2) is 13.6 Å². The average molecular weight is 567 g/mol. The highest BCUT2D eigenvalue weighted by atomic mass is 35.5. The molecule has 1 aliphatic carbocycles. The molecule has 2 aliphatic heterocycles. The molecule has 2 aromatic rings. The van der Waals surface area contributed by atoms with Crippen LogP contribution in [0.2, 0.25) is 10.0 Å². The van der Waals surface area contributed by atoms with E-state index in [1.807, 2.05) is 18.2 Å². The third-order valence-electron chi connectivity index (χ3n) is 7.71. The van der Waals surface area contributed by atoms with Crippen molar-refractivity contribution < 1.29 is 28.2 Å². The summed E-state index contributed by atoms with van der Waals surface area (Å²) >= 11 is 12.1. The largest absolute Gasteiger partial charge is 0.493 e. The smallest absolute Gasteiger partial charge is 0.326 e. The van der Waals surface area contributed by atoms with Crippen LogP contribution in [0.5, 0.6) is 5.75 Å². The first-order chi connectivity index (χ1) is 18.2. The number of hydrogen-bond donors (Lipinski definition) is 1. The van der Waals surface area contributed by atoms with Crippen molar-refractivity contribution in [1.82, 2.24) is 9.80 Å². The zero-order chi connectivity index (χ0) is 27.0. The second-order valence-corrected chi connectivity index (χ2v) is 11.4. The molecule has 0 unspecified atom stereocenters. The van der Waals surface area contributed by atoms with Gasteiger partial charge in [0.25, 0.3) is 5.91 Å². The molecule has 1 saturated carbocycles. The van der Waals surface area contributed by atoms with Gasteiger partial charge in [0.2, 0.25) is 0 Å². The lowest BCUT2D eigenvalue weighted by molar-refractivity contribution is -0.141. The van der Waals surface area contributed by atoms with Crippen LogP contribution in [0.15, 0.2) is 30.3 Å². The van der Waals surface area contributed by atoms with E-state index in [2.05, 4.69) is 4.90 Å². The van der Waals surface area contributed by atoms with Crippen molar-refractivity contribution in [2.75, 3.05) is 26.2 Å². The molecule has 2 saturated heterocycles. The average Bonchev–Trinajstić information content (AvgIpc) is 3.65. The molecule has 6 nitrogen and oxygen atoms in total. The van der Waals surface area contributed by atoms with Gasteiger partial charge in [-0.1, -0.05) is 29.3 Å². The molecule has 1 N–H and O–H groups in total. The fourth-order valence-electron chi connectivity index (χ4n) is 5.39. The first-order valence-electron chi connectivity index (χ1n) is 13.0. The number of likely N-dealkylation sites (tertiary alicyclic amines) is 2. The Hall–Kier alpha value is -2.42. The van der Waals surface area contributed by atoms with Gasteiger partial charge >= 0.3 is 5.97 Å². The molecule has 10 heteroatoms. The van der Waals surface area contributed by atoms with Crippen molar-refractivity contribution in [3.63, 3.8) is 0 Å². The van der Waals surface area contributed by atoms with Gasteiger partial charge in [-0.15, -0.1) is 0 Å². The zero-order valence-corrected chi connectivity index (χ0v) is 22.4. The second kappa shape index (κ2) is 11.4. The van der Waals surface area contributed by atoms with Crippen molar-refractivity contribution in [3.8, 4) is 5.75 Å². The van der Waals surface area contributed by atoms with Crippen molar-refractivity contribution in [1.29, 1.82) is 0 Å². The summed E-state index contributed by atoms with van der Waals surface area (Å²) in [7, 11) is 0. The lowest BCUT2D eigenvalue weighted by Gasteiger charge is -2.32. The van der Waals surface area contributed by atoms with E-state index in [1.165, 1.54) is 12.1 Å². The molecule has 38 heavy (non-hydrogen) atoms. The van der Waals surface area contributed by atoms with Crippen LogP contribution >= 0.6 is 23.2 Å². The Balaban J connectivity index is 1.21. The van der Waals surface area contributed by atoms with Crippen LogP contribution in [0, 0.1) is 11.7 Å². The molecule has 204 valence electrons. The molecule has 0 spiro atoms. The summed E-state index contributed by atoms with van der Waals surface area (Å²) in [5.74, 6) is -1.94. The number of alkyl halides is 1. The topological polar surface area (TPSA) is 70.1 Å². The number of carboxylic acids is 1. The fraction of sp³-hybridized carbons (Fsp3) is 0.500. The normalized spacial score (nSPS) is 22.6. The van der Waals surface area contributed by atoms with Crippen molar-refractivity contribution in [3.05, 3.63) is 62.9 Å². The number of benzene rings is 2. The predicted molar refractivity (Wildman–Crippen MR) is 140 cm³/mol. The Morgan fingerprint density at radius 1 is 1.05 bits per heavy atom. The quantitative estimate of drug-likeness (QED) is 0.428. The minimum Gasteiger partial charge on any atom is -0.493 e. The zero-order valence-electron chi connectivity index (χ0n) is 20.8. The number of amides is 1. The summed E-state index contributed by atoms with van der Waals surface area (Å²) in [6.45, 7) is 2.70. The van der Waals surface area contributed by atoms with Crippen molar-refractivity contribution in [2.45, 2.75) is 56.8 Å². The third-order valence-corrected chi connectivity index (χ3v) is 8.45. The molecule has 0 aromatic heterocycles. The standard InChI is InChI=1S/C28H30Cl2F2N2O4/c29-22-4-1-17(9-23(22)30)13-33-7-5-16(6-8-33)15-38-26-12-24(32)21(11-20(26)18-2-3-18)27(35)34-14-19(31)10-25(34)28(36)37/h1,4,9,11-12,16,18-19,25H,2-3,5-8,10,13-15H2,(H,36,37)/t19-,25+/m1/s1. The highest BCUT2D eigenvalue weighted by molar-refractivity contribution is 6.42. The van der Waals surface area contributed by atoms with Gasteiger partial charge < -0.3 is 14.7 Å². The number of nitrogens with zero attached hydrogens (tertiary/aromatic N) is 2. The number of rotatable bonds is 8. The van der Waals surface area contributed by atoms with Crippen LogP contribution in [0.1, 0.15) is 59.5 Å². The lowest BCUT2D eigenvalue weighted by Crippen LogP contribution is -2.41. The minimum atomic E-state index is -1.44. The van der Waals surface area contributed by atoms with E-state index in [4.69, 9.17) is 27.9 Å². The maximum Gasteiger partial charge on any atom is 0.326 e. The van der Waals surface area contributed by atoms with Crippen LogP contribution in [0.4, 0.5) is 8.78 Å². The van der Waals surface area contributed by atoms with Gasteiger partial charge in [-0.05, 0) is 79.9 Å². The van der Waals surface area contributed by atoms with E-state index in [0.717, 1.165) is 61.3 Å². The van der Waals surface area contributed by atoms with E-state index >= 15 is 4.39 Å². The predicted octanol–water partition coefficient (Wildman–Crippen LogP) is 5.94. The van der Waals surface area contributed by atoms with Gasteiger partial charge in [0.1, 0.15) is 23.8 Å². The highest BCUT2D eigenvalue weighted by Gasteiger charge is 2.41. The first kappa shape index (κ1) is 27.2. The van der Waals surface area contributed by atoms with Crippen LogP contribution in [0.25, 0.3) is 0 Å². The summed E-state index contributed by atoms with van der Waals surface area (Å²) in [4.78, 5) is 27.8. The summed E-state index contributed by atoms with van der Waals surface area (Å²) in [6, 6.07) is 7.10. The third kappa shape index (κ3) is 6.08. The minimum absolute atomic E-state index is 0.174. The van der Waals surface area contributed by atoms with Crippen molar-refractivity contribution in [2.24, 2.45) is 5.92 Å². The first-order valence-corrected chi connectivity index (χ1v) is 13.8. The Morgan fingerprint density at radius 3 is 2.45 bits per heavy atom. The molecular formula is C28H30Cl2F2N2O4. The summed E-state index contributed by atoms with van der Waals surface area (Å²) in [5.41, 5.74) is 1.64. The van der Waals surface area contributed by atoms with Crippen molar-refractivity contribution >= 4 is 35.1 Å². The number of carboxylic acid groups (broad SMARTS) is 1. The second-order valence-electron chi connectivity index (χ2n) is 10.6.